The summed E-state index contributed by atoms with van der Waals surface area (Å²) in [5.74, 6) is -0.774. The van der Waals surface area contributed by atoms with Crippen LogP contribution >= 0.6 is 23.2 Å². The number of halogens is 4. The van der Waals surface area contributed by atoms with Crippen LogP contribution in [-0.2, 0) is 26.0 Å². The van der Waals surface area contributed by atoms with Crippen LogP contribution in [-0.4, -0.2) is 54.6 Å². The summed E-state index contributed by atoms with van der Waals surface area (Å²) in [5, 5.41) is 16.1. The average molecular weight is 714 g/mol. The maximum Gasteiger partial charge on any atom is 0.387 e. The molecule has 0 unspecified atom stereocenters. The number of esters is 1. The molecule has 2 atom stereocenters. The quantitative estimate of drug-likeness (QED) is 0.104. The predicted octanol–water partition coefficient (Wildman–Crippen LogP) is 5.54. The summed E-state index contributed by atoms with van der Waals surface area (Å²) >= 11 is 12.7. The van der Waals surface area contributed by atoms with Gasteiger partial charge in [-0.2, -0.15) is 17.8 Å². The highest BCUT2D eigenvalue weighted by molar-refractivity contribution is 7.89. The Hall–Kier alpha value is -3.79. The fourth-order valence-corrected chi connectivity index (χ4v) is 7.56. The first-order valence-corrected chi connectivity index (χ1v) is 16.8. The standard InChI is InChI=1S/C30H28Cl2F2N4O8S/c1-16-20-10-19(12-35-28(20)46-36-16)47(41,42)38-8-2-3-24(38)29(39)44-26(11-21-22(31)13-37(40)14-23(21)32)18-6-7-25(45-30(33)34)27(9-18)43-15-17-4-5-17/h6-7,9-10,12-14,17,24,26,30H,2-5,8,11,15H2,1H3/t24-,26+/m1/s1. The van der Waals surface area contributed by atoms with Gasteiger partial charge < -0.3 is 23.9 Å². The second kappa shape index (κ2) is 13.4. The minimum Gasteiger partial charge on any atom is -0.619 e. The summed E-state index contributed by atoms with van der Waals surface area (Å²) in [6.45, 7) is -1.14. The van der Waals surface area contributed by atoms with Crippen molar-refractivity contribution in [3.63, 3.8) is 0 Å². The van der Waals surface area contributed by atoms with E-state index in [0.717, 1.165) is 35.7 Å². The largest absolute Gasteiger partial charge is 0.619 e. The number of carbonyl (C=O) groups excluding carboxylic acids is 1. The van der Waals surface area contributed by atoms with Crippen molar-refractivity contribution in [2.45, 2.75) is 62.7 Å². The maximum absolute atomic E-state index is 13.8. The van der Waals surface area contributed by atoms with Gasteiger partial charge in [0.25, 0.3) is 5.71 Å². The Morgan fingerprint density at radius 3 is 2.62 bits per heavy atom. The lowest BCUT2D eigenvalue weighted by Crippen LogP contribution is -2.41. The summed E-state index contributed by atoms with van der Waals surface area (Å²) in [7, 11) is -4.22. The lowest BCUT2D eigenvalue weighted by molar-refractivity contribution is -0.605. The molecule has 1 aromatic carbocycles. The summed E-state index contributed by atoms with van der Waals surface area (Å²) in [5.41, 5.74) is 1.21. The number of nitrogens with zero attached hydrogens (tertiary/aromatic N) is 4. The fourth-order valence-electron chi connectivity index (χ4n) is 5.35. The van der Waals surface area contributed by atoms with Crippen molar-refractivity contribution >= 4 is 50.3 Å². The molecule has 47 heavy (non-hydrogen) atoms. The smallest absolute Gasteiger partial charge is 0.387 e. The molecule has 2 fully saturated rings. The molecule has 1 aliphatic carbocycles. The molecular weight excluding hydrogens is 685 g/mol. The van der Waals surface area contributed by atoms with E-state index < -0.39 is 34.7 Å². The van der Waals surface area contributed by atoms with Crippen molar-refractivity contribution in [3.05, 3.63) is 74.9 Å². The van der Waals surface area contributed by atoms with E-state index >= 15 is 0 Å². The molecule has 0 radical (unpaired) electrons. The summed E-state index contributed by atoms with van der Waals surface area (Å²) in [4.78, 5) is 17.7. The highest BCUT2D eigenvalue weighted by atomic mass is 35.5. The van der Waals surface area contributed by atoms with E-state index in [1.54, 1.807) is 6.92 Å². The van der Waals surface area contributed by atoms with Crippen LogP contribution in [0, 0.1) is 18.0 Å². The minimum absolute atomic E-state index is 0.00611. The first kappa shape index (κ1) is 33.1. The number of pyridine rings is 2. The Morgan fingerprint density at radius 2 is 1.91 bits per heavy atom. The predicted molar refractivity (Wildman–Crippen MR) is 163 cm³/mol. The van der Waals surface area contributed by atoms with Gasteiger partial charge in [-0.3, -0.25) is 4.79 Å². The second-order valence-corrected chi connectivity index (χ2v) is 14.0. The lowest BCUT2D eigenvalue weighted by atomic mass is 10.0. The Kier molecular flexibility index (Phi) is 9.43. The number of ether oxygens (including phenoxy) is 3. The molecule has 2 aliphatic rings. The zero-order valence-corrected chi connectivity index (χ0v) is 27.1. The summed E-state index contributed by atoms with van der Waals surface area (Å²) < 4.78 is 76.9. The zero-order valence-electron chi connectivity index (χ0n) is 24.8. The molecule has 0 bridgehead atoms. The van der Waals surface area contributed by atoms with E-state index in [1.165, 1.54) is 24.3 Å². The molecule has 3 aromatic heterocycles. The molecule has 12 nitrogen and oxygen atoms in total. The molecule has 1 aliphatic heterocycles. The van der Waals surface area contributed by atoms with E-state index in [4.69, 9.17) is 37.2 Å². The number of hydrogen-bond donors (Lipinski definition) is 0. The number of fused-ring (bicyclic) bond motifs is 1. The molecule has 1 saturated heterocycles. The molecule has 4 heterocycles. The van der Waals surface area contributed by atoms with Gasteiger partial charge in [0.05, 0.1) is 23.9 Å². The SMILES string of the molecule is Cc1noc2ncc(S(=O)(=O)N3CCC[C@@H]3C(=O)O[C@@H](Cc3c(Cl)c[n+]([O-])cc3Cl)c3ccc(OC(F)F)c(OCC4CC4)c3)cc12. The first-order valence-electron chi connectivity index (χ1n) is 14.6. The Morgan fingerprint density at radius 1 is 1.17 bits per heavy atom. The second-order valence-electron chi connectivity index (χ2n) is 11.3. The number of aromatic nitrogens is 3. The van der Waals surface area contributed by atoms with Gasteiger partial charge in [0.15, 0.2) is 23.9 Å². The van der Waals surface area contributed by atoms with E-state index in [-0.39, 0.29) is 69.6 Å². The molecule has 17 heteroatoms. The third-order valence-corrected chi connectivity index (χ3v) is 10.5. The molecule has 4 aromatic rings. The van der Waals surface area contributed by atoms with Gasteiger partial charge in [0.2, 0.25) is 10.0 Å². The van der Waals surface area contributed by atoms with Crippen molar-refractivity contribution in [2.75, 3.05) is 13.2 Å². The zero-order chi connectivity index (χ0) is 33.5. The third kappa shape index (κ3) is 7.22. The third-order valence-electron chi connectivity index (χ3n) is 8.00. The fraction of sp³-hybridized carbons (Fsp3) is 0.400. The first-order chi connectivity index (χ1) is 22.4. The maximum atomic E-state index is 13.8. The van der Waals surface area contributed by atoms with Gasteiger partial charge in [-0.05, 0) is 62.3 Å². The summed E-state index contributed by atoms with van der Waals surface area (Å²) in [6.07, 6.45) is 4.44. The van der Waals surface area contributed by atoms with Crippen molar-refractivity contribution in [3.8, 4) is 11.5 Å². The van der Waals surface area contributed by atoms with Gasteiger partial charge in [0, 0.05) is 18.5 Å². The van der Waals surface area contributed by atoms with Gasteiger partial charge in [-0.25, -0.2) is 13.4 Å². The van der Waals surface area contributed by atoms with Gasteiger partial charge >= 0.3 is 12.6 Å². The van der Waals surface area contributed by atoms with Crippen molar-refractivity contribution in [1.29, 1.82) is 0 Å². The van der Waals surface area contributed by atoms with Crippen molar-refractivity contribution < 1.29 is 45.5 Å². The number of sulfonamides is 1. The highest BCUT2D eigenvalue weighted by Crippen LogP contribution is 2.39. The average Bonchev–Trinajstić information content (AvgIpc) is 3.57. The van der Waals surface area contributed by atoms with Crippen LogP contribution in [0.3, 0.4) is 0 Å². The highest BCUT2D eigenvalue weighted by Gasteiger charge is 2.42. The Balaban J connectivity index is 1.32. The van der Waals surface area contributed by atoms with Crippen molar-refractivity contribution in [2.24, 2.45) is 5.92 Å². The van der Waals surface area contributed by atoms with Crippen LogP contribution in [0.4, 0.5) is 8.78 Å². The van der Waals surface area contributed by atoms with Crippen LogP contribution in [0.5, 0.6) is 11.5 Å². The summed E-state index contributed by atoms with van der Waals surface area (Å²) in [6, 6.07) is 4.30. The molecule has 0 N–H and O–H groups in total. The number of aryl methyl sites for hydroxylation is 1. The van der Waals surface area contributed by atoms with Gasteiger partial charge in [-0.1, -0.05) is 34.4 Å². The van der Waals surface area contributed by atoms with Crippen LogP contribution in [0.2, 0.25) is 10.0 Å². The monoisotopic (exact) mass is 712 g/mol. The van der Waals surface area contributed by atoms with Gasteiger partial charge in [-0.15, -0.1) is 0 Å². The Bertz CT molecular complexity index is 1900. The topological polar surface area (TPSA) is 148 Å². The number of carbonyl (C=O) groups is 1. The van der Waals surface area contributed by atoms with Gasteiger partial charge in [0.1, 0.15) is 27.1 Å². The van der Waals surface area contributed by atoms with Crippen molar-refractivity contribution in [1.82, 2.24) is 14.4 Å². The molecule has 0 amide bonds. The lowest BCUT2D eigenvalue weighted by Gasteiger charge is -2.26. The van der Waals surface area contributed by atoms with E-state index in [0.29, 0.717) is 27.8 Å². The number of hydrogen-bond acceptors (Lipinski definition) is 10. The van der Waals surface area contributed by atoms with Crippen LogP contribution in [0.25, 0.3) is 11.1 Å². The van der Waals surface area contributed by atoms with E-state index in [1.807, 2.05) is 0 Å². The number of benzene rings is 1. The number of alkyl halides is 2. The molecule has 1 saturated carbocycles. The van der Waals surface area contributed by atoms with E-state index in [2.05, 4.69) is 14.9 Å². The normalized spacial score (nSPS) is 17.7. The molecule has 250 valence electrons. The van der Waals surface area contributed by atoms with E-state index in [9.17, 15) is 27.2 Å². The Labute approximate surface area is 277 Å². The van der Waals surface area contributed by atoms with Crippen LogP contribution in [0.15, 0.2) is 52.3 Å². The van der Waals surface area contributed by atoms with Crippen LogP contribution < -0.4 is 14.2 Å². The van der Waals surface area contributed by atoms with Crippen LogP contribution in [0.1, 0.15) is 48.6 Å². The minimum atomic E-state index is -4.22. The molecule has 0 spiro atoms. The number of rotatable bonds is 12. The molecular formula is C30H28Cl2F2N4O8S. The molecule has 6 rings (SSSR count).